The van der Waals surface area contributed by atoms with E-state index in [9.17, 15) is 4.79 Å². The molecular formula is C20H14O3. The minimum Gasteiger partial charge on any atom is -0.468 e. The van der Waals surface area contributed by atoms with Crippen LogP contribution in [0.1, 0.15) is 30.1 Å². The number of fused-ring (bicyclic) bond motifs is 3. The summed E-state index contributed by atoms with van der Waals surface area (Å²) in [6.07, 6.45) is 2.86. The topological polar surface area (TPSA) is 39.4 Å². The van der Waals surface area contributed by atoms with Gasteiger partial charge in [0.25, 0.3) is 0 Å². The maximum atomic E-state index is 12.5. The Morgan fingerprint density at radius 3 is 2.74 bits per heavy atom. The van der Waals surface area contributed by atoms with E-state index in [1.807, 2.05) is 30.3 Å². The number of allylic oxidation sites excluding steroid dienone is 2. The fourth-order valence-electron chi connectivity index (χ4n) is 3.76. The summed E-state index contributed by atoms with van der Waals surface area (Å²) in [6.45, 7) is 0. The molecular weight excluding hydrogens is 288 g/mol. The zero-order chi connectivity index (χ0) is 15.4. The van der Waals surface area contributed by atoms with E-state index in [2.05, 4.69) is 18.2 Å². The molecule has 3 heteroatoms. The fraction of sp³-hybridized carbons (Fsp3) is 0.150. The van der Waals surface area contributed by atoms with Crippen LogP contribution in [0, 0.1) is 0 Å². The van der Waals surface area contributed by atoms with E-state index in [0.717, 1.165) is 39.2 Å². The lowest BCUT2D eigenvalue weighted by atomic mass is 9.83. The SMILES string of the molecule is O=C1CCC2=C1C(c1ccco1)c1c(ccc3ccccc13)O2. The van der Waals surface area contributed by atoms with Crippen molar-refractivity contribution in [2.45, 2.75) is 18.8 Å². The summed E-state index contributed by atoms with van der Waals surface area (Å²) in [5, 5.41) is 2.25. The fourth-order valence-corrected chi connectivity index (χ4v) is 3.76. The molecule has 23 heavy (non-hydrogen) atoms. The Hall–Kier alpha value is -2.81. The van der Waals surface area contributed by atoms with Gasteiger partial charge in [-0.3, -0.25) is 4.79 Å². The Labute approximate surface area is 133 Å². The van der Waals surface area contributed by atoms with E-state index in [1.165, 1.54) is 0 Å². The van der Waals surface area contributed by atoms with Gasteiger partial charge in [0.05, 0.1) is 12.2 Å². The minimum absolute atomic E-state index is 0.167. The average Bonchev–Trinajstić information content (AvgIpc) is 3.23. The van der Waals surface area contributed by atoms with Crippen LogP contribution in [-0.4, -0.2) is 5.78 Å². The first-order valence-electron chi connectivity index (χ1n) is 7.82. The predicted octanol–water partition coefficient (Wildman–Crippen LogP) is 4.57. The van der Waals surface area contributed by atoms with Crippen LogP contribution in [0.25, 0.3) is 10.8 Å². The van der Waals surface area contributed by atoms with Crippen molar-refractivity contribution in [3.63, 3.8) is 0 Å². The molecule has 1 atom stereocenters. The van der Waals surface area contributed by atoms with Crippen molar-refractivity contribution in [3.05, 3.63) is 77.5 Å². The van der Waals surface area contributed by atoms with E-state index in [4.69, 9.17) is 9.15 Å². The molecule has 0 amide bonds. The van der Waals surface area contributed by atoms with Gasteiger partial charge in [-0.1, -0.05) is 30.3 Å². The number of hydrogen-bond donors (Lipinski definition) is 0. The van der Waals surface area contributed by atoms with Gasteiger partial charge < -0.3 is 9.15 Å². The quantitative estimate of drug-likeness (QED) is 0.661. The molecule has 0 saturated heterocycles. The largest absolute Gasteiger partial charge is 0.468 e. The van der Waals surface area contributed by atoms with Crippen molar-refractivity contribution in [2.75, 3.05) is 0 Å². The molecule has 1 aliphatic heterocycles. The van der Waals surface area contributed by atoms with Gasteiger partial charge in [0.2, 0.25) is 0 Å². The van der Waals surface area contributed by atoms with Crippen LogP contribution in [0.2, 0.25) is 0 Å². The third-order valence-corrected chi connectivity index (χ3v) is 4.75. The summed E-state index contributed by atoms with van der Waals surface area (Å²) in [7, 11) is 0. The highest BCUT2D eigenvalue weighted by Crippen LogP contribution is 2.49. The molecule has 0 saturated carbocycles. The van der Waals surface area contributed by atoms with E-state index in [-0.39, 0.29) is 11.7 Å². The van der Waals surface area contributed by atoms with Crippen LogP contribution >= 0.6 is 0 Å². The first-order valence-corrected chi connectivity index (χ1v) is 7.82. The molecule has 1 unspecified atom stereocenters. The van der Waals surface area contributed by atoms with Gasteiger partial charge in [-0.25, -0.2) is 0 Å². The highest BCUT2D eigenvalue weighted by Gasteiger charge is 2.40. The Balaban J connectivity index is 1.86. The molecule has 2 heterocycles. The summed E-state index contributed by atoms with van der Waals surface area (Å²) in [5.74, 6) is 2.43. The monoisotopic (exact) mass is 302 g/mol. The van der Waals surface area contributed by atoms with Gasteiger partial charge in [-0.15, -0.1) is 0 Å². The molecule has 1 aromatic heterocycles. The molecule has 3 aromatic rings. The number of carbonyl (C=O) groups is 1. The van der Waals surface area contributed by atoms with Gasteiger partial charge in [0.15, 0.2) is 5.78 Å². The number of rotatable bonds is 1. The van der Waals surface area contributed by atoms with Gasteiger partial charge in [-0.05, 0) is 29.0 Å². The average molecular weight is 302 g/mol. The molecule has 0 N–H and O–H groups in total. The molecule has 1 aliphatic carbocycles. The van der Waals surface area contributed by atoms with Crippen LogP contribution in [0.5, 0.6) is 5.75 Å². The summed E-state index contributed by atoms with van der Waals surface area (Å²) in [4.78, 5) is 12.5. The standard InChI is InChI=1S/C20H14O3/c21-14-8-10-17-19(14)20(15-6-3-11-22-15)18-13-5-2-1-4-12(13)7-9-16(18)23-17/h1-7,9,11,20H,8,10H2. The predicted molar refractivity (Wildman–Crippen MR) is 86.4 cm³/mol. The number of ether oxygens (including phenoxy) is 1. The second-order valence-corrected chi connectivity index (χ2v) is 6.01. The van der Waals surface area contributed by atoms with E-state index >= 15 is 0 Å². The van der Waals surface area contributed by atoms with Crippen molar-refractivity contribution in [2.24, 2.45) is 0 Å². The molecule has 2 aliphatic rings. The van der Waals surface area contributed by atoms with E-state index in [0.29, 0.717) is 12.8 Å². The van der Waals surface area contributed by atoms with Crippen molar-refractivity contribution in [3.8, 4) is 5.75 Å². The number of Topliss-reactive ketones (excluding diaryl/α,β-unsaturated/α-hetero) is 1. The Kier molecular flexibility index (Phi) is 2.54. The maximum Gasteiger partial charge on any atom is 0.163 e. The van der Waals surface area contributed by atoms with Crippen LogP contribution < -0.4 is 4.74 Å². The second-order valence-electron chi connectivity index (χ2n) is 6.01. The highest BCUT2D eigenvalue weighted by atomic mass is 16.5. The molecule has 3 nitrogen and oxygen atoms in total. The third kappa shape index (κ3) is 1.73. The number of ketones is 1. The van der Waals surface area contributed by atoms with Crippen LogP contribution in [0.15, 0.2) is 70.5 Å². The lowest BCUT2D eigenvalue weighted by molar-refractivity contribution is -0.115. The van der Waals surface area contributed by atoms with Crippen LogP contribution in [0.4, 0.5) is 0 Å². The van der Waals surface area contributed by atoms with Crippen molar-refractivity contribution in [1.29, 1.82) is 0 Å². The van der Waals surface area contributed by atoms with Gasteiger partial charge >= 0.3 is 0 Å². The first-order chi connectivity index (χ1) is 11.3. The third-order valence-electron chi connectivity index (χ3n) is 4.75. The van der Waals surface area contributed by atoms with Crippen LogP contribution in [-0.2, 0) is 4.79 Å². The van der Waals surface area contributed by atoms with Gasteiger partial charge in [-0.2, -0.15) is 0 Å². The molecule has 0 spiro atoms. The number of benzene rings is 2. The molecule has 112 valence electrons. The Morgan fingerprint density at radius 2 is 1.87 bits per heavy atom. The van der Waals surface area contributed by atoms with Crippen LogP contribution in [0.3, 0.4) is 0 Å². The summed E-state index contributed by atoms with van der Waals surface area (Å²) >= 11 is 0. The lowest BCUT2D eigenvalue weighted by Crippen LogP contribution is -2.17. The zero-order valence-electron chi connectivity index (χ0n) is 12.4. The number of hydrogen-bond acceptors (Lipinski definition) is 3. The highest BCUT2D eigenvalue weighted by molar-refractivity contribution is 6.03. The molecule has 0 radical (unpaired) electrons. The van der Waals surface area contributed by atoms with Crippen molar-refractivity contribution in [1.82, 2.24) is 0 Å². The first kappa shape index (κ1) is 12.7. The molecule has 5 rings (SSSR count). The van der Waals surface area contributed by atoms with E-state index in [1.54, 1.807) is 6.26 Å². The molecule has 0 bridgehead atoms. The zero-order valence-corrected chi connectivity index (χ0v) is 12.4. The summed E-state index contributed by atoms with van der Waals surface area (Å²) in [5.41, 5.74) is 1.80. The summed E-state index contributed by atoms with van der Waals surface area (Å²) in [6, 6.07) is 16.1. The molecule has 2 aromatic carbocycles. The van der Waals surface area contributed by atoms with Crippen molar-refractivity contribution < 1.29 is 13.9 Å². The number of carbonyl (C=O) groups excluding carboxylic acids is 1. The van der Waals surface area contributed by atoms with E-state index < -0.39 is 0 Å². The van der Waals surface area contributed by atoms with Crippen molar-refractivity contribution >= 4 is 16.6 Å². The smallest absolute Gasteiger partial charge is 0.163 e. The minimum atomic E-state index is -0.176. The lowest BCUT2D eigenvalue weighted by Gasteiger charge is -2.27. The Morgan fingerprint density at radius 1 is 0.957 bits per heavy atom. The Bertz CT molecular complexity index is 964. The molecule has 0 fully saturated rings. The van der Waals surface area contributed by atoms with Gasteiger partial charge in [0, 0.05) is 24.0 Å². The van der Waals surface area contributed by atoms with Gasteiger partial charge in [0.1, 0.15) is 17.3 Å². The summed E-state index contributed by atoms with van der Waals surface area (Å²) < 4.78 is 11.8. The normalized spacial score (nSPS) is 19.7. The second kappa shape index (κ2) is 4.59. The maximum absolute atomic E-state index is 12.5. The number of furan rings is 1.